The van der Waals surface area contributed by atoms with Crippen molar-refractivity contribution in [2.75, 3.05) is 17.7 Å². The Kier molecular flexibility index (Phi) is 4.12. The van der Waals surface area contributed by atoms with Crippen LogP contribution in [0.2, 0.25) is 0 Å². The van der Waals surface area contributed by atoms with E-state index in [1.807, 2.05) is 25.2 Å². The van der Waals surface area contributed by atoms with Crippen molar-refractivity contribution < 1.29 is 0 Å². The number of halogens is 2. The monoisotopic (exact) mass is 374 g/mol. The second-order valence-electron chi connectivity index (χ2n) is 3.79. The number of nitrogens with two attached hydrogens (primary N) is 1. The van der Waals surface area contributed by atoms with Gasteiger partial charge in [-0.15, -0.1) is 11.3 Å². The van der Waals surface area contributed by atoms with Gasteiger partial charge in [0.25, 0.3) is 0 Å². The minimum absolute atomic E-state index is 0.789. The molecule has 90 valence electrons. The zero-order valence-corrected chi connectivity index (χ0v) is 13.3. The third-order valence-electron chi connectivity index (χ3n) is 2.42. The molecule has 2 nitrogen and oxygen atoms in total. The molecule has 0 aliphatic rings. The number of thiophene rings is 1. The lowest BCUT2D eigenvalue weighted by Crippen LogP contribution is -2.16. The van der Waals surface area contributed by atoms with Gasteiger partial charge in [0.1, 0.15) is 0 Å². The van der Waals surface area contributed by atoms with Gasteiger partial charge >= 0.3 is 0 Å². The van der Waals surface area contributed by atoms with E-state index in [0.717, 1.165) is 26.9 Å². The summed E-state index contributed by atoms with van der Waals surface area (Å²) in [6.07, 6.45) is 0. The fourth-order valence-corrected chi connectivity index (χ4v) is 3.51. The summed E-state index contributed by atoms with van der Waals surface area (Å²) in [5, 5.41) is 2.09. The maximum Gasteiger partial charge on any atom is 0.0601 e. The van der Waals surface area contributed by atoms with Crippen LogP contribution in [-0.4, -0.2) is 7.05 Å². The smallest absolute Gasteiger partial charge is 0.0601 e. The minimum Gasteiger partial charge on any atom is -0.397 e. The summed E-state index contributed by atoms with van der Waals surface area (Å²) in [4.78, 5) is 3.46. The van der Waals surface area contributed by atoms with E-state index in [9.17, 15) is 0 Å². The van der Waals surface area contributed by atoms with Gasteiger partial charge in [-0.05, 0) is 40.2 Å². The Morgan fingerprint density at radius 1 is 1.24 bits per heavy atom. The van der Waals surface area contributed by atoms with Gasteiger partial charge in [-0.3, -0.25) is 0 Å². The Bertz CT molecular complexity index is 525. The maximum absolute atomic E-state index is 6.00. The van der Waals surface area contributed by atoms with Crippen LogP contribution in [0.4, 0.5) is 11.4 Å². The lowest BCUT2D eigenvalue weighted by atomic mass is 10.2. The molecule has 0 atom stereocenters. The van der Waals surface area contributed by atoms with Crippen LogP contribution in [0, 0.1) is 0 Å². The first-order valence-corrected chi connectivity index (χ1v) is 7.52. The molecule has 1 aromatic heterocycles. The van der Waals surface area contributed by atoms with E-state index in [1.165, 1.54) is 4.88 Å². The lowest BCUT2D eigenvalue weighted by Gasteiger charge is -2.20. The van der Waals surface area contributed by atoms with Crippen LogP contribution in [0.25, 0.3) is 0 Å². The van der Waals surface area contributed by atoms with Gasteiger partial charge in [0, 0.05) is 26.3 Å². The molecule has 2 rings (SSSR count). The quantitative estimate of drug-likeness (QED) is 0.800. The SMILES string of the molecule is CN(Cc1cc(Br)cs1)c1ccc(Br)cc1N. The summed E-state index contributed by atoms with van der Waals surface area (Å²) in [5.74, 6) is 0. The molecule has 0 fully saturated rings. The van der Waals surface area contributed by atoms with Crippen molar-refractivity contribution in [3.05, 3.63) is 43.5 Å². The number of hydrogen-bond acceptors (Lipinski definition) is 3. The predicted molar refractivity (Wildman–Crippen MR) is 82.7 cm³/mol. The topological polar surface area (TPSA) is 29.3 Å². The molecule has 0 unspecified atom stereocenters. The van der Waals surface area contributed by atoms with Crippen molar-refractivity contribution in [3.63, 3.8) is 0 Å². The zero-order chi connectivity index (χ0) is 12.4. The minimum atomic E-state index is 0.789. The maximum atomic E-state index is 6.00. The number of nitrogen functional groups attached to an aromatic ring is 1. The molecule has 0 spiro atoms. The molecule has 1 heterocycles. The Morgan fingerprint density at radius 3 is 2.59 bits per heavy atom. The summed E-state index contributed by atoms with van der Waals surface area (Å²) in [7, 11) is 2.05. The van der Waals surface area contributed by atoms with E-state index in [0.29, 0.717) is 0 Å². The molecule has 2 N–H and O–H groups in total. The van der Waals surface area contributed by atoms with Crippen LogP contribution in [0.1, 0.15) is 4.88 Å². The summed E-state index contributed by atoms with van der Waals surface area (Å²) >= 11 is 8.62. The second kappa shape index (κ2) is 5.42. The number of rotatable bonds is 3. The molecule has 2 aromatic rings. The molecule has 0 bridgehead atoms. The normalized spacial score (nSPS) is 10.5. The van der Waals surface area contributed by atoms with Crippen LogP contribution in [0.5, 0.6) is 0 Å². The Hall–Kier alpha value is -0.520. The summed E-state index contributed by atoms with van der Waals surface area (Å²) in [5.41, 5.74) is 7.85. The third kappa shape index (κ3) is 3.24. The number of hydrogen-bond donors (Lipinski definition) is 1. The molecule has 0 aliphatic carbocycles. The van der Waals surface area contributed by atoms with Crippen LogP contribution in [0.15, 0.2) is 38.6 Å². The fourth-order valence-electron chi connectivity index (χ4n) is 1.63. The zero-order valence-electron chi connectivity index (χ0n) is 9.28. The average Bonchev–Trinajstić information content (AvgIpc) is 2.63. The van der Waals surface area contributed by atoms with Gasteiger partial charge in [0.15, 0.2) is 0 Å². The van der Waals surface area contributed by atoms with Crippen molar-refractivity contribution >= 4 is 54.6 Å². The number of benzene rings is 1. The van der Waals surface area contributed by atoms with Crippen molar-refractivity contribution in [2.24, 2.45) is 0 Å². The van der Waals surface area contributed by atoms with Crippen molar-refractivity contribution in [3.8, 4) is 0 Å². The van der Waals surface area contributed by atoms with Gasteiger partial charge in [0.05, 0.1) is 17.9 Å². The summed E-state index contributed by atoms with van der Waals surface area (Å²) < 4.78 is 2.14. The highest BCUT2D eigenvalue weighted by molar-refractivity contribution is 9.10. The highest BCUT2D eigenvalue weighted by atomic mass is 79.9. The number of nitrogens with zero attached hydrogens (tertiary/aromatic N) is 1. The van der Waals surface area contributed by atoms with E-state index >= 15 is 0 Å². The fraction of sp³-hybridized carbons (Fsp3) is 0.167. The third-order valence-corrected chi connectivity index (χ3v) is 4.59. The second-order valence-corrected chi connectivity index (χ2v) is 6.62. The first-order chi connectivity index (χ1) is 8.06. The van der Waals surface area contributed by atoms with E-state index in [4.69, 9.17) is 5.73 Å². The van der Waals surface area contributed by atoms with Crippen LogP contribution >= 0.6 is 43.2 Å². The average molecular weight is 376 g/mol. The Balaban J connectivity index is 2.17. The largest absolute Gasteiger partial charge is 0.397 e. The molecule has 0 aliphatic heterocycles. The summed E-state index contributed by atoms with van der Waals surface area (Å²) in [6.45, 7) is 0.863. The van der Waals surface area contributed by atoms with Gasteiger partial charge in [-0.2, -0.15) is 0 Å². The molecular formula is C12H12Br2N2S. The first kappa shape index (κ1) is 12.9. The molecule has 0 saturated heterocycles. The van der Waals surface area contributed by atoms with Crippen LogP contribution < -0.4 is 10.6 Å². The van der Waals surface area contributed by atoms with E-state index in [-0.39, 0.29) is 0 Å². The standard InChI is InChI=1S/C12H12Br2N2S/c1-16(6-10-4-9(14)7-17-10)12-3-2-8(13)5-11(12)15/h2-5,7H,6,15H2,1H3. The molecule has 0 saturated carbocycles. The van der Waals surface area contributed by atoms with Gasteiger partial charge < -0.3 is 10.6 Å². The molecular weight excluding hydrogens is 364 g/mol. The molecule has 17 heavy (non-hydrogen) atoms. The number of anilines is 2. The highest BCUT2D eigenvalue weighted by Gasteiger charge is 2.07. The lowest BCUT2D eigenvalue weighted by molar-refractivity contribution is 0.941. The molecule has 1 aromatic carbocycles. The van der Waals surface area contributed by atoms with Gasteiger partial charge in [-0.1, -0.05) is 15.9 Å². The molecule has 0 amide bonds. The van der Waals surface area contributed by atoms with E-state index in [1.54, 1.807) is 11.3 Å². The van der Waals surface area contributed by atoms with Crippen LogP contribution in [-0.2, 0) is 6.54 Å². The van der Waals surface area contributed by atoms with Crippen LogP contribution in [0.3, 0.4) is 0 Å². The van der Waals surface area contributed by atoms with E-state index in [2.05, 4.69) is 48.2 Å². The van der Waals surface area contributed by atoms with Gasteiger partial charge in [0.2, 0.25) is 0 Å². The van der Waals surface area contributed by atoms with Gasteiger partial charge in [-0.25, -0.2) is 0 Å². The molecule has 5 heteroatoms. The Labute approximate surface area is 122 Å². The van der Waals surface area contributed by atoms with E-state index < -0.39 is 0 Å². The predicted octanol–water partition coefficient (Wildman–Crippen LogP) is 4.49. The molecule has 0 radical (unpaired) electrons. The first-order valence-electron chi connectivity index (χ1n) is 5.05. The van der Waals surface area contributed by atoms with Crippen molar-refractivity contribution in [1.29, 1.82) is 0 Å². The Morgan fingerprint density at radius 2 is 2.00 bits per heavy atom. The summed E-state index contributed by atoms with van der Waals surface area (Å²) in [6, 6.07) is 8.10. The van der Waals surface area contributed by atoms with Crippen molar-refractivity contribution in [1.82, 2.24) is 0 Å². The van der Waals surface area contributed by atoms with Crippen molar-refractivity contribution in [2.45, 2.75) is 6.54 Å². The highest BCUT2D eigenvalue weighted by Crippen LogP contribution is 2.28.